The fourth-order valence-electron chi connectivity index (χ4n) is 3.47. The lowest BCUT2D eigenvalue weighted by atomic mass is 9.88. The van der Waals surface area contributed by atoms with Crippen LogP contribution in [0.3, 0.4) is 0 Å². The summed E-state index contributed by atoms with van der Waals surface area (Å²) in [5.74, 6) is 6.54. The highest BCUT2D eigenvalue weighted by Crippen LogP contribution is 2.30. The van der Waals surface area contributed by atoms with E-state index in [4.69, 9.17) is 5.84 Å². The van der Waals surface area contributed by atoms with Gasteiger partial charge in [0.25, 0.3) is 0 Å². The predicted octanol–water partition coefficient (Wildman–Crippen LogP) is 3.18. The van der Waals surface area contributed by atoms with Crippen LogP contribution >= 0.6 is 0 Å². The Labute approximate surface area is 111 Å². The molecule has 2 heteroatoms. The van der Waals surface area contributed by atoms with Crippen molar-refractivity contribution in [1.29, 1.82) is 0 Å². The van der Waals surface area contributed by atoms with Crippen LogP contribution in [0.25, 0.3) is 0 Å². The molecule has 3 N–H and O–H groups in total. The van der Waals surface area contributed by atoms with E-state index in [9.17, 15) is 0 Å². The summed E-state index contributed by atoms with van der Waals surface area (Å²) in [4.78, 5) is 0. The molecule has 18 heavy (non-hydrogen) atoms. The van der Waals surface area contributed by atoms with Gasteiger partial charge in [-0.1, -0.05) is 30.5 Å². The van der Waals surface area contributed by atoms with E-state index in [2.05, 4.69) is 38.3 Å². The summed E-state index contributed by atoms with van der Waals surface area (Å²) in [5, 5.41) is 0. The van der Waals surface area contributed by atoms with Crippen molar-refractivity contribution in [3.8, 4) is 0 Å². The summed E-state index contributed by atoms with van der Waals surface area (Å²) in [6.45, 7) is 6.61. The molecule has 0 bridgehead atoms. The van der Waals surface area contributed by atoms with Gasteiger partial charge in [-0.25, -0.2) is 0 Å². The Hall–Kier alpha value is -0.860. The Morgan fingerprint density at radius 1 is 1.17 bits per heavy atom. The zero-order chi connectivity index (χ0) is 13.1. The van der Waals surface area contributed by atoms with E-state index in [1.54, 1.807) is 0 Å². The number of rotatable bonds is 4. The van der Waals surface area contributed by atoms with Gasteiger partial charge in [-0.2, -0.15) is 0 Å². The second-order valence-corrected chi connectivity index (χ2v) is 5.90. The first kappa shape index (κ1) is 13.6. The highest BCUT2D eigenvalue weighted by molar-refractivity contribution is 5.38. The molecule has 1 unspecified atom stereocenters. The van der Waals surface area contributed by atoms with Crippen LogP contribution < -0.4 is 11.3 Å². The van der Waals surface area contributed by atoms with Crippen LogP contribution in [0.1, 0.15) is 47.9 Å². The lowest BCUT2D eigenvalue weighted by Gasteiger charge is -2.24. The zero-order valence-electron chi connectivity index (χ0n) is 11.9. The standard InChI is InChI=1S/C16H26N2/c1-11-8-12(2)15(13(3)9-11)10-16(18-17)14-6-4-5-7-14/h8-9,14,16,18H,4-7,10,17H2,1-3H3. The van der Waals surface area contributed by atoms with Crippen LogP contribution in [0.2, 0.25) is 0 Å². The maximum absolute atomic E-state index is 5.78. The van der Waals surface area contributed by atoms with Gasteiger partial charge in [-0.15, -0.1) is 0 Å². The first-order chi connectivity index (χ1) is 8.61. The molecule has 1 atom stereocenters. The van der Waals surface area contributed by atoms with Crippen LogP contribution in [0, 0.1) is 26.7 Å². The largest absolute Gasteiger partial charge is 0.271 e. The topological polar surface area (TPSA) is 38.0 Å². The Morgan fingerprint density at radius 3 is 2.22 bits per heavy atom. The summed E-state index contributed by atoms with van der Waals surface area (Å²) in [6, 6.07) is 5.00. The molecule has 0 amide bonds. The first-order valence-electron chi connectivity index (χ1n) is 7.14. The summed E-state index contributed by atoms with van der Waals surface area (Å²) in [7, 11) is 0. The summed E-state index contributed by atoms with van der Waals surface area (Å²) in [5.41, 5.74) is 8.71. The Balaban J connectivity index is 2.16. The fourth-order valence-corrected chi connectivity index (χ4v) is 3.47. The summed E-state index contributed by atoms with van der Waals surface area (Å²) in [6.07, 6.45) is 6.47. The fraction of sp³-hybridized carbons (Fsp3) is 0.625. The molecule has 1 saturated carbocycles. The summed E-state index contributed by atoms with van der Waals surface area (Å²) >= 11 is 0. The molecule has 0 heterocycles. The number of hydrogen-bond acceptors (Lipinski definition) is 2. The highest BCUT2D eigenvalue weighted by atomic mass is 15.2. The molecule has 2 nitrogen and oxygen atoms in total. The van der Waals surface area contributed by atoms with E-state index >= 15 is 0 Å². The van der Waals surface area contributed by atoms with Gasteiger partial charge < -0.3 is 0 Å². The second-order valence-electron chi connectivity index (χ2n) is 5.90. The van der Waals surface area contributed by atoms with Gasteiger partial charge in [-0.05, 0) is 62.6 Å². The molecule has 100 valence electrons. The minimum atomic E-state index is 0.438. The average Bonchev–Trinajstić information content (AvgIpc) is 2.81. The van der Waals surface area contributed by atoms with E-state index in [1.165, 1.54) is 47.9 Å². The predicted molar refractivity (Wildman–Crippen MR) is 77.4 cm³/mol. The maximum Gasteiger partial charge on any atom is 0.0279 e. The minimum absolute atomic E-state index is 0.438. The molecule has 1 aromatic carbocycles. The van der Waals surface area contributed by atoms with Gasteiger partial charge >= 0.3 is 0 Å². The smallest absolute Gasteiger partial charge is 0.0279 e. The van der Waals surface area contributed by atoms with Crippen LogP contribution in [0.15, 0.2) is 12.1 Å². The normalized spacial score (nSPS) is 18.2. The third-order valence-corrected chi connectivity index (χ3v) is 4.45. The van der Waals surface area contributed by atoms with Crippen molar-refractivity contribution in [1.82, 2.24) is 5.43 Å². The molecule has 0 spiro atoms. The molecule has 2 rings (SSSR count). The molecule has 1 fully saturated rings. The SMILES string of the molecule is Cc1cc(C)c(CC(NN)C2CCCC2)c(C)c1. The van der Waals surface area contributed by atoms with Crippen LogP contribution in [-0.4, -0.2) is 6.04 Å². The molecule has 0 aliphatic heterocycles. The third-order valence-electron chi connectivity index (χ3n) is 4.45. The zero-order valence-corrected chi connectivity index (χ0v) is 11.9. The van der Waals surface area contributed by atoms with Gasteiger partial charge in [0, 0.05) is 6.04 Å². The lowest BCUT2D eigenvalue weighted by molar-refractivity contribution is 0.360. The number of nitrogens with two attached hydrogens (primary N) is 1. The number of nitrogens with one attached hydrogen (secondary N) is 1. The van der Waals surface area contributed by atoms with Gasteiger partial charge in [0.05, 0.1) is 0 Å². The minimum Gasteiger partial charge on any atom is -0.271 e. The average molecular weight is 246 g/mol. The van der Waals surface area contributed by atoms with Crippen molar-refractivity contribution < 1.29 is 0 Å². The number of hydrogen-bond donors (Lipinski definition) is 2. The molecule has 1 aliphatic rings. The van der Waals surface area contributed by atoms with E-state index in [0.29, 0.717) is 6.04 Å². The second kappa shape index (κ2) is 5.85. The molecule has 0 radical (unpaired) electrons. The maximum atomic E-state index is 5.78. The van der Waals surface area contributed by atoms with Gasteiger partial charge in [0.15, 0.2) is 0 Å². The van der Waals surface area contributed by atoms with Crippen molar-refractivity contribution in [3.63, 3.8) is 0 Å². The van der Waals surface area contributed by atoms with Gasteiger partial charge in [0.1, 0.15) is 0 Å². The van der Waals surface area contributed by atoms with Crippen molar-refractivity contribution >= 4 is 0 Å². The van der Waals surface area contributed by atoms with Crippen LogP contribution in [-0.2, 0) is 6.42 Å². The van der Waals surface area contributed by atoms with Crippen molar-refractivity contribution in [2.45, 2.75) is 58.9 Å². The molecule has 1 aromatic rings. The lowest BCUT2D eigenvalue weighted by Crippen LogP contribution is -2.41. The number of hydrazine groups is 1. The molecular formula is C16H26N2. The Kier molecular flexibility index (Phi) is 4.41. The number of aryl methyl sites for hydroxylation is 3. The summed E-state index contributed by atoms with van der Waals surface area (Å²) < 4.78 is 0. The molecule has 1 aliphatic carbocycles. The Morgan fingerprint density at radius 2 is 1.72 bits per heavy atom. The number of benzene rings is 1. The van der Waals surface area contributed by atoms with Crippen LogP contribution in [0.5, 0.6) is 0 Å². The molecular weight excluding hydrogens is 220 g/mol. The molecule has 0 saturated heterocycles. The van der Waals surface area contributed by atoms with Gasteiger partial charge in [-0.3, -0.25) is 11.3 Å². The quantitative estimate of drug-likeness (QED) is 0.632. The first-order valence-corrected chi connectivity index (χ1v) is 7.14. The monoisotopic (exact) mass is 246 g/mol. The molecule has 0 aromatic heterocycles. The Bertz CT molecular complexity index is 383. The van der Waals surface area contributed by atoms with Gasteiger partial charge in [0.2, 0.25) is 0 Å². The van der Waals surface area contributed by atoms with E-state index < -0.39 is 0 Å². The van der Waals surface area contributed by atoms with E-state index in [0.717, 1.165) is 12.3 Å². The highest BCUT2D eigenvalue weighted by Gasteiger charge is 2.25. The van der Waals surface area contributed by atoms with Crippen molar-refractivity contribution in [2.24, 2.45) is 11.8 Å². The van der Waals surface area contributed by atoms with E-state index in [1.807, 2.05) is 0 Å². The van der Waals surface area contributed by atoms with Crippen molar-refractivity contribution in [3.05, 3.63) is 34.4 Å². The van der Waals surface area contributed by atoms with Crippen molar-refractivity contribution in [2.75, 3.05) is 0 Å². The third kappa shape index (κ3) is 2.93. The van der Waals surface area contributed by atoms with E-state index in [-0.39, 0.29) is 0 Å². The van der Waals surface area contributed by atoms with Crippen LogP contribution in [0.4, 0.5) is 0 Å².